The second-order valence-electron chi connectivity index (χ2n) is 5.06. The molecular weight excluding hydrogens is 292 g/mol. The standard InChI is InChI=1S/C19H13ClN2/c1-13-7-9-14(10-8-13)16-11-18(15-5-3-2-4-6-15)22-19(20)17(16)12-21/h2-11H,1H3. The van der Waals surface area contributed by atoms with E-state index in [1.807, 2.05) is 67.6 Å². The zero-order chi connectivity index (χ0) is 15.5. The molecule has 0 fully saturated rings. The number of aromatic nitrogens is 1. The Morgan fingerprint density at radius 2 is 1.64 bits per heavy atom. The summed E-state index contributed by atoms with van der Waals surface area (Å²) in [5.74, 6) is 0. The van der Waals surface area contributed by atoms with E-state index in [9.17, 15) is 5.26 Å². The first-order valence-corrected chi connectivity index (χ1v) is 7.30. The minimum Gasteiger partial charge on any atom is -0.235 e. The molecule has 0 aliphatic carbocycles. The summed E-state index contributed by atoms with van der Waals surface area (Å²) in [4.78, 5) is 4.36. The van der Waals surface area contributed by atoms with E-state index in [2.05, 4.69) is 11.1 Å². The van der Waals surface area contributed by atoms with E-state index in [1.165, 1.54) is 5.56 Å². The fourth-order valence-electron chi connectivity index (χ4n) is 2.34. The molecule has 0 saturated carbocycles. The average molecular weight is 305 g/mol. The van der Waals surface area contributed by atoms with Gasteiger partial charge in [-0.3, -0.25) is 0 Å². The highest BCUT2D eigenvalue weighted by Crippen LogP contribution is 2.32. The monoisotopic (exact) mass is 304 g/mol. The van der Waals surface area contributed by atoms with Crippen LogP contribution in [0.1, 0.15) is 11.1 Å². The van der Waals surface area contributed by atoms with Gasteiger partial charge in [0.15, 0.2) is 0 Å². The summed E-state index contributed by atoms with van der Waals surface area (Å²) in [6, 6.07) is 21.9. The largest absolute Gasteiger partial charge is 0.235 e. The summed E-state index contributed by atoms with van der Waals surface area (Å²) in [6.07, 6.45) is 0. The van der Waals surface area contributed by atoms with Crippen molar-refractivity contribution in [3.8, 4) is 28.5 Å². The molecule has 0 bridgehead atoms. The van der Waals surface area contributed by atoms with E-state index in [4.69, 9.17) is 11.6 Å². The minimum absolute atomic E-state index is 0.236. The topological polar surface area (TPSA) is 36.7 Å². The van der Waals surface area contributed by atoms with Crippen LogP contribution < -0.4 is 0 Å². The van der Waals surface area contributed by atoms with E-state index in [0.717, 1.165) is 22.4 Å². The van der Waals surface area contributed by atoms with Gasteiger partial charge in [0.1, 0.15) is 11.2 Å². The highest BCUT2D eigenvalue weighted by molar-refractivity contribution is 6.31. The summed E-state index contributed by atoms with van der Waals surface area (Å²) in [5, 5.41) is 9.64. The molecule has 3 rings (SSSR count). The first-order chi connectivity index (χ1) is 10.7. The highest BCUT2D eigenvalue weighted by Gasteiger charge is 2.13. The van der Waals surface area contributed by atoms with Crippen LogP contribution in [0.3, 0.4) is 0 Å². The Labute approximate surface area is 134 Å². The molecule has 0 radical (unpaired) electrons. The SMILES string of the molecule is Cc1ccc(-c2cc(-c3ccccc3)nc(Cl)c2C#N)cc1. The molecule has 0 N–H and O–H groups in total. The van der Waals surface area contributed by atoms with Crippen molar-refractivity contribution in [3.63, 3.8) is 0 Å². The average Bonchev–Trinajstić information content (AvgIpc) is 2.55. The second-order valence-corrected chi connectivity index (χ2v) is 5.42. The lowest BCUT2D eigenvalue weighted by molar-refractivity contribution is 1.30. The third-order valence-corrected chi connectivity index (χ3v) is 3.79. The molecule has 1 aromatic heterocycles. The summed E-state index contributed by atoms with van der Waals surface area (Å²) in [7, 11) is 0. The van der Waals surface area contributed by atoms with Crippen LogP contribution in [-0.2, 0) is 0 Å². The molecule has 0 aliphatic heterocycles. The van der Waals surface area contributed by atoms with Crippen LogP contribution >= 0.6 is 11.6 Å². The third kappa shape index (κ3) is 2.72. The number of rotatable bonds is 2. The molecule has 0 spiro atoms. The van der Waals surface area contributed by atoms with Gasteiger partial charge in [0.05, 0.1) is 11.3 Å². The Morgan fingerprint density at radius 1 is 0.955 bits per heavy atom. The molecule has 3 aromatic rings. The Morgan fingerprint density at radius 3 is 2.27 bits per heavy atom. The fraction of sp³-hybridized carbons (Fsp3) is 0.0526. The van der Waals surface area contributed by atoms with Gasteiger partial charge in [-0.15, -0.1) is 0 Å². The number of hydrogen-bond acceptors (Lipinski definition) is 2. The Balaban J connectivity index is 2.22. The fourth-order valence-corrected chi connectivity index (χ4v) is 2.57. The molecule has 0 unspecified atom stereocenters. The van der Waals surface area contributed by atoms with Crippen LogP contribution in [0, 0.1) is 18.3 Å². The van der Waals surface area contributed by atoms with Gasteiger partial charge >= 0.3 is 0 Å². The van der Waals surface area contributed by atoms with Gasteiger partial charge < -0.3 is 0 Å². The van der Waals surface area contributed by atoms with Crippen molar-refractivity contribution in [1.29, 1.82) is 5.26 Å². The van der Waals surface area contributed by atoms with Crippen LogP contribution in [0.5, 0.6) is 0 Å². The molecule has 0 atom stereocenters. The van der Waals surface area contributed by atoms with Crippen LogP contribution in [0.4, 0.5) is 0 Å². The normalized spacial score (nSPS) is 10.2. The minimum atomic E-state index is 0.236. The van der Waals surface area contributed by atoms with Crippen LogP contribution in [-0.4, -0.2) is 4.98 Å². The van der Waals surface area contributed by atoms with E-state index in [0.29, 0.717) is 5.56 Å². The zero-order valence-corrected chi connectivity index (χ0v) is 12.8. The number of aryl methyl sites for hydroxylation is 1. The number of pyridine rings is 1. The first-order valence-electron chi connectivity index (χ1n) is 6.92. The maximum Gasteiger partial charge on any atom is 0.148 e. The van der Waals surface area contributed by atoms with E-state index in [-0.39, 0.29) is 5.15 Å². The number of hydrogen-bond donors (Lipinski definition) is 0. The van der Waals surface area contributed by atoms with Gasteiger partial charge in [-0.05, 0) is 18.6 Å². The smallest absolute Gasteiger partial charge is 0.148 e. The van der Waals surface area contributed by atoms with E-state index < -0.39 is 0 Å². The third-order valence-electron chi connectivity index (χ3n) is 3.52. The van der Waals surface area contributed by atoms with Crippen molar-refractivity contribution < 1.29 is 0 Å². The summed E-state index contributed by atoms with van der Waals surface area (Å²) in [6.45, 7) is 2.03. The first kappa shape index (κ1) is 14.3. The van der Waals surface area contributed by atoms with E-state index >= 15 is 0 Å². The molecule has 2 aromatic carbocycles. The second kappa shape index (κ2) is 6.01. The van der Waals surface area contributed by atoms with Crippen LogP contribution in [0.25, 0.3) is 22.4 Å². The lowest BCUT2D eigenvalue weighted by Crippen LogP contribution is -1.93. The number of nitriles is 1. The van der Waals surface area contributed by atoms with E-state index in [1.54, 1.807) is 0 Å². The molecule has 106 valence electrons. The molecule has 0 aliphatic rings. The summed E-state index contributed by atoms with van der Waals surface area (Å²) < 4.78 is 0. The van der Waals surface area contributed by atoms with Gasteiger partial charge in [0, 0.05) is 11.1 Å². The van der Waals surface area contributed by atoms with Crippen LogP contribution in [0.2, 0.25) is 5.15 Å². The highest BCUT2D eigenvalue weighted by atomic mass is 35.5. The van der Waals surface area contributed by atoms with Gasteiger partial charge in [0.2, 0.25) is 0 Å². The Kier molecular flexibility index (Phi) is 3.91. The van der Waals surface area contributed by atoms with Crippen molar-refractivity contribution in [1.82, 2.24) is 4.98 Å². The molecule has 0 saturated heterocycles. The molecule has 1 heterocycles. The van der Waals surface area contributed by atoms with Crippen LogP contribution in [0.15, 0.2) is 60.7 Å². The number of benzene rings is 2. The molecule has 2 nitrogen and oxygen atoms in total. The Hall–Kier alpha value is -2.63. The van der Waals surface area contributed by atoms with Crippen molar-refractivity contribution >= 4 is 11.6 Å². The lowest BCUT2D eigenvalue weighted by atomic mass is 9.98. The molecule has 3 heteroatoms. The maximum absolute atomic E-state index is 9.40. The lowest BCUT2D eigenvalue weighted by Gasteiger charge is -2.09. The van der Waals surface area contributed by atoms with Crippen molar-refractivity contribution in [2.45, 2.75) is 6.92 Å². The van der Waals surface area contributed by atoms with Gasteiger partial charge in [0.25, 0.3) is 0 Å². The number of halogens is 1. The molecule has 22 heavy (non-hydrogen) atoms. The quantitative estimate of drug-likeness (QED) is 0.606. The summed E-state index contributed by atoms with van der Waals surface area (Å²) >= 11 is 6.23. The van der Waals surface area contributed by atoms with Crippen molar-refractivity contribution in [3.05, 3.63) is 76.9 Å². The maximum atomic E-state index is 9.40. The van der Waals surface area contributed by atoms with Gasteiger partial charge in [-0.2, -0.15) is 5.26 Å². The molecule has 0 amide bonds. The summed E-state index contributed by atoms with van der Waals surface area (Å²) in [5.41, 5.74) is 5.09. The van der Waals surface area contributed by atoms with Crippen molar-refractivity contribution in [2.75, 3.05) is 0 Å². The van der Waals surface area contributed by atoms with Crippen molar-refractivity contribution in [2.24, 2.45) is 0 Å². The predicted octanol–water partition coefficient (Wildman–Crippen LogP) is 5.25. The van der Waals surface area contributed by atoms with Gasteiger partial charge in [-0.1, -0.05) is 71.8 Å². The Bertz CT molecular complexity index is 847. The zero-order valence-electron chi connectivity index (χ0n) is 12.0. The predicted molar refractivity (Wildman–Crippen MR) is 89.6 cm³/mol. The molecular formula is C19H13ClN2. The number of nitrogens with zero attached hydrogens (tertiary/aromatic N) is 2. The van der Waals surface area contributed by atoms with Gasteiger partial charge in [-0.25, -0.2) is 4.98 Å².